The fourth-order valence-corrected chi connectivity index (χ4v) is 3.77. The van der Waals surface area contributed by atoms with Crippen LogP contribution >= 0.6 is 11.6 Å². The van der Waals surface area contributed by atoms with Gasteiger partial charge in [-0.3, -0.25) is 4.90 Å². The minimum absolute atomic E-state index is 0.673. The molecular formula is C20H25ClN6O. The molecule has 0 aliphatic carbocycles. The first-order valence-electron chi connectivity index (χ1n) is 9.70. The van der Waals surface area contributed by atoms with Gasteiger partial charge >= 0.3 is 0 Å². The van der Waals surface area contributed by atoms with Gasteiger partial charge in [0.2, 0.25) is 5.65 Å². The average Bonchev–Trinajstić information content (AvgIpc) is 3.18. The lowest BCUT2D eigenvalue weighted by atomic mass is 10.2. The number of nitrogens with zero attached hydrogens (tertiary/aromatic N) is 6. The predicted molar refractivity (Wildman–Crippen MR) is 110 cm³/mol. The molecule has 0 N–H and O–H groups in total. The van der Waals surface area contributed by atoms with E-state index in [0.717, 1.165) is 72.5 Å². The van der Waals surface area contributed by atoms with Gasteiger partial charge in [-0.1, -0.05) is 18.5 Å². The molecule has 3 heterocycles. The number of fused-ring (bicyclic) bond motifs is 1. The number of hydrogen-bond acceptors (Lipinski definition) is 6. The molecule has 1 aliphatic rings. The van der Waals surface area contributed by atoms with Crippen LogP contribution in [0.3, 0.4) is 0 Å². The zero-order chi connectivity index (χ0) is 19.5. The van der Waals surface area contributed by atoms with Gasteiger partial charge in [0.15, 0.2) is 0 Å². The second kappa shape index (κ2) is 8.32. The number of rotatable bonds is 6. The molecule has 0 amide bonds. The molecule has 1 fully saturated rings. The van der Waals surface area contributed by atoms with Gasteiger partial charge in [-0.25, -0.2) is 0 Å². The summed E-state index contributed by atoms with van der Waals surface area (Å²) in [4.78, 5) is 4.82. The minimum Gasteiger partial charge on any atom is -0.492 e. The number of anilines is 1. The molecule has 0 radical (unpaired) electrons. The smallest absolute Gasteiger partial charge is 0.200 e. The molecule has 0 unspecified atom stereocenters. The fourth-order valence-electron chi connectivity index (χ4n) is 3.54. The summed E-state index contributed by atoms with van der Waals surface area (Å²) in [7, 11) is 0. The van der Waals surface area contributed by atoms with Crippen molar-refractivity contribution in [2.45, 2.75) is 20.3 Å². The lowest BCUT2D eigenvalue weighted by Gasteiger charge is -2.36. The van der Waals surface area contributed by atoms with Crippen LogP contribution in [0, 0.1) is 6.92 Å². The first-order chi connectivity index (χ1) is 13.6. The molecule has 1 aromatic carbocycles. The monoisotopic (exact) mass is 400 g/mol. The molecule has 4 rings (SSSR count). The van der Waals surface area contributed by atoms with E-state index in [1.807, 2.05) is 25.1 Å². The molecule has 7 nitrogen and oxygen atoms in total. The van der Waals surface area contributed by atoms with Crippen LogP contribution in [0.15, 0.2) is 30.6 Å². The highest BCUT2D eigenvalue weighted by atomic mass is 35.5. The summed E-state index contributed by atoms with van der Waals surface area (Å²) in [6, 6.07) is 7.88. The Labute approximate surface area is 169 Å². The van der Waals surface area contributed by atoms with Crippen LogP contribution in [-0.2, 0) is 6.42 Å². The topological polar surface area (TPSA) is 58.8 Å². The van der Waals surface area contributed by atoms with Crippen molar-refractivity contribution < 1.29 is 4.74 Å². The molecule has 1 aliphatic heterocycles. The third-order valence-corrected chi connectivity index (χ3v) is 5.41. The quantitative estimate of drug-likeness (QED) is 0.634. The second-order valence-electron chi connectivity index (χ2n) is 7.06. The first-order valence-corrected chi connectivity index (χ1v) is 10.1. The van der Waals surface area contributed by atoms with Crippen LogP contribution in [0.25, 0.3) is 5.65 Å². The first kappa shape index (κ1) is 19.0. The van der Waals surface area contributed by atoms with Crippen molar-refractivity contribution in [3.63, 3.8) is 0 Å². The van der Waals surface area contributed by atoms with Gasteiger partial charge in [-0.05, 0) is 43.2 Å². The van der Waals surface area contributed by atoms with E-state index in [1.165, 1.54) is 0 Å². The molecular weight excluding hydrogens is 376 g/mol. The van der Waals surface area contributed by atoms with Crippen molar-refractivity contribution in [3.8, 4) is 5.75 Å². The highest BCUT2D eigenvalue weighted by Gasteiger charge is 2.20. The lowest BCUT2D eigenvalue weighted by molar-refractivity contribution is 0.200. The highest BCUT2D eigenvalue weighted by molar-refractivity contribution is 6.30. The Morgan fingerprint density at radius 1 is 1.14 bits per heavy atom. The number of aromatic nitrogens is 4. The van der Waals surface area contributed by atoms with Crippen molar-refractivity contribution in [2.75, 3.05) is 44.2 Å². The normalized spacial score (nSPS) is 15.3. The van der Waals surface area contributed by atoms with Crippen molar-refractivity contribution in [1.82, 2.24) is 24.7 Å². The van der Waals surface area contributed by atoms with Crippen LogP contribution in [0.5, 0.6) is 5.75 Å². The van der Waals surface area contributed by atoms with E-state index < -0.39 is 0 Å². The molecule has 0 bridgehead atoms. The van der Waals surface area contributed by atoms with E-state index in [-0.39, 0.29) is 0 Å². The summed E-state index contributed by atoms with van der Waals surface area (Å²) in [5.41, 5.74) is 4.07. The van der Waals surface area contributed by atoms with E-state index in [0.29, 0.717) is 6.61 Å². The van der Waals surface area contributed by atoms with Crippen molar-refractivity contribution in [2.24, 2.45) is 0 Å². The van der Waals surface area contributed by atoms with Crippen LogP contribution in [0.1, 0.15) is 18.2 Å². The van der Waals surface area contributed by atoms with Crippen LogP contribution in [0.4, 0.5) is 5.69 Å². The summed E-state index contributed by atoms with van der Waals surface area (Å²) in [6.07, 6.45) is 2.56. The van der Waals surface area contributed by atoms with Gasteiger partial charge in [0.05, 0.1) is 11.4 Å². The zero-order valence-corrected chi connectivity index (χ0v) is 17.1. The summed E-state index contributed by atoms with van der Waals surface area (Å²) < 4.78 is 7.72. The van der Waals surface area contributed by atoms with Crippen molar-refractivity contribution >= 4 is 22.9 Å². The van der Waals surface area contributed by atoms with Gasteiger partial charge in [-0.15, -0.1) is 10.2 Å². The number of hydrogen-bond donors (Lipinski definition) is 0. The Bertz CT molecular complexity index is 951. The predicted octanol–water partition coefficient (Wildman–Crippen LogP) is 2.85. The average molecular weight is 401 g/mol. The molecule has 2 aromatic heterocycles. The molecule has 148 valence electrons. The Kier molecular flexibility index (Phi) is 5.64. The third kappa shape index (κ3) is 4.05. The SMILES string of the molecule is CCc1cc(N2CCN(CCOc3ccc(Cl)cc3C)CC2)c2nncn2n1. The van der Waals surface area contributed by atoms with Gasteiger partial charge in [0.25, 0.3) is 0 Å². The third-order valence-electron chi connectivity index (χ3n) is 5.18. The summed E-state index contributed by atoms with van der Waals surface area (Å²) in [6.45, 7) is 9.61. The van der Waals surface area contributed by atoms with E-state index in [9.17, 15) is 0 Å². The molecule has 0 saturated carbocycles. The largest absolute Gasteiger partial charge is 0.492 e. The van der Waals surface area contributed by atoms with Gasteiger partial charge in [-0.2, -0.15) is 9.61 Å². The molecule has 0 spiro atoms. The number of ether oxygens (including phenoxy) is 1. The van der Waals surface area contributed by atoms with Crippen LogP contribution < -0.4 is 9.64 Å². The van der Waals surface area contributed by atoms with Crippen LogP contribution in [0.2, 0.25) is 5.02 Å². The summed E-state index contributed by atoms with van der Waals surface area (Å²) in [5.74, 6) is 0.904. The molecule has 28 heavy (non-hydrogen) atoms. The minimum atomic E-state index is 0.673. The second-order valence-corrected chi connectivity index (χ2v) is 7.50. The maximum Gasteiger partial charge on any atom is 0.200 e. The number of piperazine rings is 1. The van der Waals surface area contributed by atoms with Crippen molar-refractivity contribution in [1.29, 1.82) is 0 Å². The van der Waals surface area contributed by atoms with E-state index in [2.05, 4.69) is 38.1 Å². The number of halogens is 1. The van der Waals surface area contributed by atoms with Gasteiger partial charge in [0, 0.05) is 37.7 Å². The number of aryl methyl sites for hydroxylation is 2. The molecule has 1 saturated heterocycles. The Morgan fingerprint density at radius 2 is 1.96 bits per heavy atom. The Morgan fingerprint density at radius 3 is 2.71 bits per heavy atom. The highest BCUT2D eigenvalue weighted by Crippen LogP contribution is 2.23. The standard InChI is InChI=1S/C20H25ClN6O/c1-3-17-13-18(20-23-22-14-27(20)24-17)26-8-6-25(7-9-26)10-11-28-19-5-4-16(21)12-15(19)2/h4-5,12-14H,3,6-11H2,1-2H3. The summed E-state index contributed by atoms with van der Waals surface area (Å²) >= 11 is 6.00. The van der Waals surface area contributed by atoms with Crippen molar-refractivity contribution in [3.05, 3.63) is 46.9 Å². The Hall–Kier alpha value is -2.38. The van der Waals surface area contributed by atoms with E-state index in [4.69, 9.17) is 16.3 Å². The zero-order valence-electron chi connectivity index (χ0n) is 16.3. The number of benzene rings is 1. The van der Waals surface area contributed by atoms with E-state index >= 15 is 0 Å². The summed E-state index contributed by atoms with van der Waals surface area (Å²) in [5, 5.41) is 13.5. The molecule has 0 atom stereocenters. The van der Waals surface area contributed by atoms with Crippen LogP contribution in [-0.4, -0.2) is 64.0 Å². The maximum atomic E-state index is 6.00. The van der Waals surface area contributed by atoms with Gasteiger partial charge < -0.3 is 9.64 Å². The molecule has 8 heteroatoms. The lowest BCUT2D eigenvalue weighted by Crippen LogP contribution is -2.47. The maximum absolute atomic E-state index is 6.00. The van der Waals surface area contributed by atoms with E-state index in [1.54, 1.807) is 10.8 Å². The molecule has 3 aromatic rings. The van der Waals surface area contributed by atoms with Gasteiger partial charge in [0.1, 0.15) is 18.7 Å². The Balaban J connectivity index is 1.33. The fraction of sp³-hybridized carbons (Fsp3) is 0.450.